The molecule has 1 aromatic heterocycles. The second-order valence-corrected chi connectivity index (χ2v) is 5.80. The largest absolute Gasteiger partial charge is 0.489 e. The van der Waals surface area contributed by atoms with Crippen LogP contribution in [0.3, 0.4) is 0 Å². The lowest BCUT2D eigenvalue weighted by Gasteiger charge is -2.30. The summed E-state index contributed by atoms with van der Waals surface area (Å²) in [4.78, 5) is 4.05. The summed E-state index contributed by atoms with van der Waals surface area (Å²) in [5.74, 6) is 1.57. The summed E-state index contributed by atoms with van der Waals surface area (Å²) >= 11 is 0. The van der Waals surface area contributed by atoms with Gasteiger partial charge in [-0.15, -0.1) is 0 Å². The minimum Gasteiger partial charge on any atom is -0.489 e. The van der Waals surface area contributed by atoms with Crippen LogP contribution in [0.2, 0.25) is 0 Å². The van der Waals surface area contributed by atoms with E-state index in [4.69, 9.17) is 4.74 Å². The Hall–Kier alpha value is -1.05. The van der Waals surface area contributed by atoms with E-state index in [0.29, 0.717) is 11.3 Å². The van der Waals surface area contributed by atoms with Gasteiger partial charge < -0.3 is 4.74 Å². The summed E-state index contributed by atoms with van der Waals surface area (Å²) in [5, 5.41) is 0. The topological polar surface area (TPSA) is 22.1 Å². The van der Waals surface area contributed by atoms with Gasteiger partial charge in [0.25, 0.3) is 0 Å². The van der Waals surface area contributed by atoms with Crippen LogP contribution < -0.4 is 4.74 Å². The number of rotatable bonds is 6. The maximum atomic E-state index is 5.83. The predicted octanol–water partition coefficient (Wildman–Crippen LogP) is 4.31. The lowest BCUT2D eigenvalue weighted by molar-refractivity contribution is 0.156. The zero-order valence-electron chi connectivity index (χ0n) is 11.7. The first-order valence-corrected chi connectivity index (χ1v) is 6.48. The smallest absolute Gasteiger partial charge is 0.137 e. The van der Waals surface area contributed by atoms with E-state index in [1.165, 1.54) is 6.42 Å². The van der Waals surface area contributed by atoms with E-state index in [1.54, 1.807) is 12.4 Å². The molecule has 0 aromatic carbocycles. The molecular formula is C15H25NO. The summed E-state index contributed by atoms with van der Waals surface area (Å²) in [5.41, 5.74) is 0.382. The Morgan fingerprint density at radius 2 is 2.00 bits per heavy atom. The molecule has 0 bridgehead atoms. The molecule has 2 nitrogen and oxygen atoms in total. The van der Waals surface area contributed by atoms with Crippen LogP contribution in [0, 0.1) is 11.3 Å². The van der Waals surface area contributed by atoms with E-state index in [1.807, 2.05) is 12.1 Å². The fourth-order valence-corrected chi connectivity index (χ4v) is 1.57. The van der Waals surface area contributed by atoms with Gasteiger partial charge in [-0.05, 0) is 43.2 Å². The maximum Gasteiger partial charge on any atom is 0.137 e. The van der Waals surface area contributed by atoms with Crippen LogP contribution in [0.1, 0.15) is 47.5 Å². The molecule has 0 aliphatic carbocycles. The lowest BCUT2D eigenvalue weighted by atomic mass is 9.77. The van der Waals surface area contributed by atoms with E-state index in [9.17, 15) is 0 Å². The summed E-state index contributed by atoms with van der Waals surface area (Å²) in [7, 11) is 0. The quantitative estimate of drug-likeness (QED) is 0.733. The van der Waals surface area contributed by atoms with Crippen LogP contribution in [0.15, 0.2) is 24.5 Å². The second-order valence-electron chi connectivity index (χ2n) is 5.80. The first-order chi connectivity index (χ1) is 7.92. The molecule has 0 aliphatic heterocycles. The Morgan fingerprint density at radius 3 is 2.53 bits per heavy atom. The monoisotopic (exact) mass is 235 g/mol. The Morgan fingerprint density at radius 1 is 1.29 bits per heavy atom. The highest BCUT2D eigenvalue weighted by Crippen LogP contribution is 2.32. The number of nitrogens with zero attached hydrogens (tertiary/aromatic N) is 1. The molecule has 1 heterocycles. The minimum absolute atomic E-state index is 0.247. The first kappa shape index (κ1) is 14.0. The molecule has 0 radical (unpaired) electrons. The van der Waals surface area contributed by atoms with Crippen molar-refractivity contribution < 1.29 is 4.74 Å². The summed E-state index contributed by atoms with van der Waals surface area (Å²) in [6.07, 6.45) is 6.05. The normalized spacial score (nSPS) is 13.8. The summed E-state index contributed by atoms with van der Waals surface area (Å²) in [6, 6.07) is 3.86. The molecule has 2 heteroatoms. The molecule has 1 rings (SSSR count). The highest BCUT2D eigenvalue weighted by atomic mass is 16.5. The minimum atomic E-state index is 0.247. The summed E-state index contributed by atoms with van der Waals surface area (Å²) < 4.78 is 5.83. The van der Waals surface area contributed by atoms with Crippen molar-refractivity contribution in [3.63, 3.8) is 0 Å². The van der Waals surface area contributed by atoms with Gasteiger partial charge in [0.15, 0.2) is 0 Å². The van der Waals surface area contributed by atoms with Crippen molar-refractivity contribution in [3.05, 3.63) is 24.5 Å². The molecular weight excluding hydrogens is 210 g/mol. The van der Waals surface area contributed by atoms with Crippen molar-refractivity contribution in [1.82, 2.24) is 4.98 Å². The van der Waals surface area contributed by atoms with E-state index >= 15 is 0 Å². The van der Waals surface area contributed by atoms with Gasteiger partial charge in [-0.1, -0.05) is 27.7 Å². The van der Waals surface area contributed by atoms with Crippen LogP contribution in [0.5, 0.6) is 5.75 Å². The molecule has 0 fully saturated rings. The molecule has 0 saturated carbocycles. The van der Waals surface area contributed by atoms with Gasteiger partial charge in [-0.2, -0.15) is 0 Å². The molecule has 0 spiro atoms. The lowest BCUT2D eigenvalue weighted by Crippen LogP contribution is -2.22. The third-order valence-corrected chi connectivity index (χ3v) is 3.73. The molecule has 96 valence electrons. The molecule has 1 atom stereocenters. The number of pyridine rings is 1. The number of aromatic nitrogens is 1. The average Bonchev–Trinajstić information content (AvgIpc) is 2.28. The van der Waals surface area contributed by atoms with E-state index in [0.717, 1.165) is 12.2 Å². The van der Waals surface area contributed by atoms with Gasteiger partial charge in [0.1, 0.15) is 5.75 Å². The summed E-state index contributed by atoms with van der Waals surface area (Å²) in [6.45, 7) is 11.4. The fraction of sp³-hybridized carbons (Fsp3) is 0.667. The van der Waals surface area contributed by atoms with Crippen LogP contribution >= 0.6 is 0 Å². The molecule has 0 amide bonds. The van der Waals surface area contributed by atoms with E-state index in [2.05, 4.69) is 39.6 Å². The van der Waals surface area contributed by atoms with Gasteiger partial charge in [0, 0.05) is 6.20 Å². The molecule has 0 N–H and O–H groups in total. The molecule has 0 aliphatic rings. The molecule has 17 heavy (non-hydrogen) atoms. The number of hydrogen-bond acceptors (Lipinski definition) is 2. The third kappa shape index (κ3) is 4.76. The van der Waals surface area contributed by atoms with E-state index in [-0.39, 0.29) is 6.10 Å². The van der Waals surface area contributed by atoms with Gasteiger partial charge in [-0.3, -0.25) is 4.98 Å². The maximum absolute atomic E-state index is 5.83. The third-order valence-electron chi connectivity index (χ3n) is 3.73. The highest BCUT2D eigenvalue weighted by molar-refractivity contribution is 5.15. The zero-order chi connectivity index (χ0) is 12.9. The van der Waals surface area contributed by atoms with Crippen LogP contribution in [0.4, 0.5) is 0 Å². The van der Waals surface area contributed by atoms with Gasteiger partial charge in [0.2, 0.25) is 0 Å². The van der Waals surface area contributed by atoms with Gasteiger partial charge in [-0.25, -0.2) is 0 Å². The van der Waals surface area contributed by atoms with Crippen LogP contribution in [0.25, 0.3) is 0 Å². The standard InChI is InChI=1S/C15H25NO/c1-12(2)15(4,5)9-8-13(3)17-14-7-6-10-16-11-14/h6-7,10-13H,8-9H2,1-5H3. The van der Waals surface area contributed by atoms with Gasteiger partial charge in [0.05, 0.1) is 12.3 Å². The SMILES string of the molecule is CC(CCC(C)(C)C(C)C)Oc1cccnc1. The van der Waals surface area contributed by atoms with Crippen LogP contribution in [-0.2, 0) is 0 Å². The zero-order valence-corrected chi connectivity index (χ0v) is 11.7. The van der Waals surface area contributed by atoms with Crippen molar-refractivity contribution >= 4 is 0 Å². The predicted molar refractivity (Wildman–Crippen MR) is 72.2 cm³/mol. The van der Waals surface area contributed by atoms with Gasteiger partial charge >= 0.3 is 0 Å². The van der Waals surface area contributed by atoms with Crippen molar-refractivity contribution in [1.29, 1.82) is 0 Å². The molecule has 1 unspecified atom stereocenters. The fourth-order valence-electron chi connectivity index (χ4n) is 1.57. The van der Waals surface area contributed by atoms with Crippen molar-refractivity contribution in [2.24, 2.45) is 11.3 Å². The Labute approximate surface area is 105 Å². The Balaban J connectivity index is 2.38. The molecule has 0 saturated heterocycles. The van der Waals surface area contributed by atoms with E-state index < -0.39 is 0 Å². The Bertz CT molecular complexity index is 319. The number of ether oxygens (including phenoxy) is 1. The average molecular weight is 235 g/mol. The Kier molecular flexibility index (Phi) is 4.98. The molecule has 1 aromatic rings. The second kappa shape index (κ2) is 6.04. The van der Waals surface area contributed by atoms with Crippen LogP contribution in [-0.4, -0.2) is 11.1 Å². The van der Waals surface area contributed by atoms with Crippen molar-refractivity contribution in [2.45, 2.75) is 53.6 Å². The number of hydrogen-bond donors (Lipinski definition) is 0. The first-order valence-electron chi connectivity index (χ1n) is 6.48. The highest BCUT2D eigenvalue weighted by Gasteiger charge is 2.23. The van der Waals surface area contributed by atoms with Crippen molar-refractivity contribution in [3.8, 4) is 5.75 Å². The van der Waals surface area contributed by atoms with Crippen molar-refractivity contribution in [2.75, 3.05) is 0 Å².